The molecule has 1 aliphatic carbocycles. The largest absolute Gasteiger partial charge is 0.355 e. The predicted octanol–water partition coefficient (Wildman–Crippen LogP) is 2.49. The van der Waals surface area contributed by atoms with Crippen LogP contribution in [0.4, 0.5) is 5.82 Å². The molecule has 2 aromatic heterocycles. The molecule has 5 heteroatoms. The molecule has 98 valence electrons. The lowest BCUT2D eigenvalue weighted by Crippen LogP contribution is -2.23. The molecule has 1 aliphatic rings. The molecule has 0 saturated heterocycles. The topological polar surface area (TPSA) is 32.6 Å². The van der Waals surface area contributed by atoms with Gasteiger partial charge in [0.2, 0.25) is 0 Å². The summed E-state index contributed by atoms with van der Waals surface area (Å²) in [7, 11) is 2.17. The van der Waals surface area contributed by atoms with Crippen LogP contribution in [0, 0.1) is 0 Å². The maximum Gasteiger partial charge on any atom is 0.195 e. The van der Waals surface area contributed by atoms with Gasteiger partial charge in [-0.15, -0.1) is 11.3 Å². The minimum atomic E-state index is 0.708. The summed E-state index contributed by atoms with van der Waals surface area (Å²) in [5, 5.41) is 5.59. The van der Waals surface area contributed by atoms with E-state index in [0.29, 0.717) is 6.04 Å². The van der Waals surface area contributed by atoms with Crippen LogP contribution in [-0.2, 0) is 6.54 Å². The molecule has 1 N–H and O–H groups in total. The van der Waals surface area contributed by atoms with Crippen LogP contribution >= 0.6 is 11.3 Å². The van der Waals surface area contributed by atoms with E-state index in [1.807, 2.05) is 0 Å². The Morgan fingerprint density at radius 1 is 1.56 bits per heavy atom. The Bertz CT molecular complexity index is 526. The Kier molecular flexibility index (Phi) is 3.26. The Balaban J connectivity index is 1.90. The summed E-state index contributed by atoms with van der Waals surface area (Å²) in [5.41, 5.74) is 1.30. The number of fused-ring (bicyclic) bond motifs is 1. The van der Waals surface area contributed by atoms with Crippen molar-refractivity contribution < 1.29 is 0 Å². The first kappa shape index (κ1) is 12.0. The first-order valence-corrected chi connectivity index (χ1v) is 7.57. The zero-order valence-electron chi connectivity index (χ0n) is 11.0. The van der Waals surface area contributed by atoms with Gasteiger partial charge in [0.25, 0.3) is 0 Å². The van der Waals surface area contributed by atoms with E-state index in [2.05, 4.69) is 40.2 Å². The number of nitrogens with one attached hydrogen (secondary N) is 1. The van der Waals surface area contributed by atoms with Gasteiger partial charge in [-0.25, -0.2) is 4.98 Å². The van der Waals surface area contributed by atoms with E-state index < -0.39 is 0 Å². The van der Waals surface area contributed by atoms with Crippen molar-refractivity contribution >= 4 is 22.1 Å². The van der Waals surface area contributed by atoms with Gasteiger partial charge in [0.15, 0.2) is 10.8 Å². The Morgan fingerprint density at radius 3 is 3.11 bits per heavy atom. The van der Waals surface area contributed by atoms with Crippen LogP contribution in [0.25, 0.3) is 4.96 Å². The second-order valence-electron chi connectivity index (χ2n) is 4.96. The second kappa shape index (κ2) is 4.90. The summed E-state index contributed by atoms with van der Waals surface area (Å²) >= 11 is 1.71. The van der Waals surface area contributed by atoms with E-state index in [1.165, 1.54) is 25.0 Å². The molecule has 0 spiro atoms. The van der Waals surface area contributed by atoms with Crippen LogP contribution in [0.3, 0.4) is 0 Å². The summed E-state index contributed by atoms with van der Waals surface area (Å²) in [4.78, 5) is 8.23. The molecular weight excluding hydrogens is 244 g/mol. The lowest BCUT2D eigenvalue weighted by Gasteiger charge is -2.17. The number of aromatic nitrogens is 2. The van der Waals surface area contributed by atoms with E-state index in [1.54, 1.807) is 11.3 Å². The lowest BCUT2D eigenvalue weighted by molar-refractivity contribution is 0.659. The van der Waals surface area contributed by atoms with Crippen LogP contribution in [0.1, 0.15) is 31.9 Å². The fraction of sp³-hybridized carbons (Fsp3) is 0.615. The highest BCUT2D eigenvalue weighted by Gasteiger charge is 2.29. The lowest BCUT2D eigenvalue weighted by atomic mass is 10.3. The molecule has 18 heavy (non-hydrogen) atoms. The standard InChI is InChI=1S/C13H20N4S/c1-3-6-14-9-11-12(16(2)10-4-5-10)15-13-17(11)7-8-18-13/h7-8,10,14H,3-6,9H2,1-2H3. The van der Waals surface area contributed by atoms with E-state index >= 15 is 0 Å². The van der Waals surface area contributed by atoms with Gasteiger partial charge < -0.3 is 10.2 Å². The second-order valence-corrected chi connectivity index (χ2v) is 5.83. The Labute approximate surface area is 112 Å². The summed E-state index contributed by atoms with van der Waals surface area (Å²) in [6.45, 7) is 4.16. The summed E-state index contributed by atoms with van der Waals surface area (Å²) < 4.78 is 2.22. The van der Waals surface area contributed by atoms with Crippen molar-refractivity contribution in [3.8, 4) is 0 Å². The van der Waals surface area contributed by atoms with Crippen LogP contribution < -0.4 is 10.2 Å². The first-order valence-electron chi connectivity index (χ1n) is 6.69. The van der Waals surface area contributed by atoms with Gasteiger partial charge in [-0.05, 0) is 25.8 Å². The zero-order chi connectivity index (χ0) is 12.5. The fourth-order valence-corrected chi connectivity index (χ4v) is 3.01. The fourth-order valence-electron chi connectivity index (χ4n) is 2.29. The van der Waals surface area contributed by atoms with Crippen LogP contribution in [0.15, 0.2) is 11.6 Å². The molecule has 4 nitrogen and oxygen atoms in total. The van der Waals surface area contributed by atoms with Crippen molar-refractivity contribution in [3.05, 3.63) is 17.3 Å². The molecule has 0 radical (unpaired) electrons. The Hall–Kier alpha value is -1.07. The van der Waals surface area contributed by atoms with E-state index in [4.69, 9.17) is 4.98 Å². The van der Waals surface area contributed by atoms with Gasteiger partial charge >= 0.3 is 0 Å². The molecule has 1 fully saturated rings. The summed E-state index contributed by atoms with van der Waals surface area (Å²) in [6, 6.07) is 0.708. The van der Waals surface area contributed by atoms with Crippen molar-refractivity contribution in [3.63, 3.8) is 0 Å². The van der Waals surface area contributed by atoms with E-state index in [0.717, 1.165) is 23.9 Å². The van der Waals surface area contributed by atoms with Gasteiger partial charge in [0.05, 0.1) is 5.69 Å². The predicted molar refractivity (Wildman–Crippen MR) is 76.5 cm³/mol. The highest BCUT2D eigenvalue weighted by atomic mass is 32.1. The van der Waals surface area contributed by atoms with Gasteiger partial charge in [-0.1, -0.05) is 6.92 Å². The quantitative estimate of drug-likeness (QED) is 0.814. The zero-order valence-corrected chi connectivity index (χ0v) is 11.8. The highest BCUT2D eigenvalue weighted by Crippen LogP contribution is 2.32. The number of rotatable bonds is 6. The van der Waals surface area contributed by atoms with Crippen molar-refractivity contribution in [1.82, 2.24) is 14.7 Å². The normalized spacial score (nSPS) is 15.4. The summed E-state index contributed by atoms with van der Waals surface area (Å²) in [5.74, 6) is 1.16. The van der Waals surface area contributed by atoms with Crippen LogP contribution in [-0.4, -0.2) is 29.0 Å². The molecule has 2 heterocycles. The number of imidazole rings is 1. The van der Waals surface area contributed by atoms with Crippen molar-refractivity contribution in [2.45, 2.75) is 38.8 Å². The average molecular weight is 264 g/mol. The molecule has 0 unspecified atom stereocenters. The molecule has 0 aliphatic heterocycles. The van der Waals surface area contributed by atoms with Crippen molar-refractivity contribution in [2.75, 3.05) is 18.5 Å². The van der Waals surface area contributed by atoms with Crippen molar-refractivity contribution in [1.29, 1.82) is 0 Å². The molecule has 3 rings (SSSR count). The third-order valence-electron chi connectivity index (χ3n) is 3.49. The van der Waals surface area contributed by atoms with E-state index in [9.17, 15) is 0 Å². The minimum Gasteiger partial charge on any atom is -0.355 e. The first-order chi connectivity index (χ1) is 8.81. The van der Waals surface area contributed by atoms with E-state index in [-0.39, 0.29) is 0 Å². The SMILES string of the molecule is CCCNCc1c(N(C)C2CC2)nc2sccn12. The maximum absolute atomic E-state index is 4.78. The molecule has 0 aromatic carbocycles. The third kappa shape index (κ3) is 2.12. The van der Waals surface area contributed by atoms with Crippen LogP contribution in [0.2, 0.25) is 0 Å². The van der Waals surface area contributed by atoms with Crippen LogP contribution in [0.5, 0.6) is 0 Å². The molecule has 1 saturated carbocycles. The third-order valence-corrected chi connectivity index (χ3v) is 4.24. The molecule has 2 aromatic rings. The number of thiazole rings is 1. The highest BCUT2D eigenvalue weighted by molar-refractivity contribution is 7.15. The molecule has 0 atom stereocenters. The number of hydrogen-bond acceptors (Lipinski definition) is 4. The molecule has 0 bridgehead atoms. The average Bonchev–Trinajstić information content (AvgIpc) is 3.02. The smallest absolute Gasteiger partial charge is 0.195 e. The van der Waals surface area contributed by atoms with Gasteiger partial charge in [-0.2, -0.15) is 0 Å². The molecular formula is C13H20N4S. The Morgan fingerprint density at radius 2 is 2.39 bits per heavy atom. The molecule has 0 amide bonds. The number of anilines is 1. The van der Waals surface area contributed by atoms with Crippen molar-refractivity contribution in [2.24, 2.45) is 0 Å². The minimum absolute atomic E-state index is 0.708. The monoisotopic (exact) mass is 264 g/mol. The summed E-state index contributed by atoms with van der Waals surface area (Å²) in [6.07, 6.45) is 5.91. The number of hydrogen-bond donors (Lipinski definition) is 1. The number of nitrogens with zero attached hydrogens (tertiary/aromatic N) is 3. The van der Waals surface area contributed by atoms with Gasteiger partial charge in [0.1, 0.15) is 0 Å². The maximum atomic E-state index is 4.78. The van der Waals surface area contributed by atoms with Gasteiger partial charge in [-0.3, -0.25) is 4.40 Å². The van der Waals surface area contributed by atoms with Gasteiger partial charge in [0, 0.05) is 31.2 Å².